The molecule has 0 saturated carbocycles. The fraction of sp³-hybridized carbons (Fsp3) is 0.400. The summed E-state index contributed by atoms with van der Waals surface area (Å²) in [5, 5.41) is 10.7. The van der Waals surface area contributed by atoms with E-state index in [0.717, 1.165) is 5.56 Å². The average Bonchev–Trinajstić information content (AvgIpc) is 2.03. The molecule has 0 aliphatic heterocycles. The van der Waals surface area contributed by atoms with Crippen molar-refractivity contribution in [2.24, 2.45) is 0 Å². The zero-order valence-corrected chi connectivity index (χ0v) is 11.0. The summed E-state index contributed by atoms with van der Waals surface area (Å²) >= 11 is 0. The van der Waals surface area contributed by atoms with Crippen LogP contribution in [-0.4, -0.2) is 11.0 Å². The van der Waals surface area contributed by atoms with E-state index in [2.05, 4.69) is 4.98 Å². The van der Waals surface area contributed by atoms with Crippen LogP contribution in [0.2, 0.25) is 0 Å². The Bertz CT molecular complexity index is 331. The number of carbonyl (C=O) groups excluding carboxylic acids is 1. The fourth-order valence-corrected chi connectivity index (χ4v) is 1.21. The minimum absolute atomic E-state index is 0. The average molecular weight is 201 g/mol. The molecular formula is C10H12NNaO2. The van der Waals surface area contributed by atoms with Gasteiger partial charge in [-0.15, -0.1) is 0 Å². The summed E-state index contributed by atoms with van der Waals surface area (Å²) in [5.74, 6) is -1.17. The number of hydrogen-bond acceptors (Lipinski definition) is 3. The van der Waals surface area contributed by atoms with Crippen molar-refractivity contribution >= 4 is 5.97 Å². The van der Waals surface area contributed by atoms with Gasteiger partial charge in [-0.1, -0.05) is 20.8 Å². The van der Waals surface area contributed by atoms with Crippen LogP contribution in [0.3, 0.4) is 0 Å². The Morgan fingerprint density at radius 1 is 1.43 bits per heavy atom. The van der Waals surface area contributed by atoms with Gasteiger partial charge in [-0.3, -0.25) is 4.98 Å². The van der Waals surface area contributed by atoms with Crippen molar-refractivity contribution < 1.29 is 39.5 Å². The molecule has 1 rings (SSSR count). The van der Waals surface area contributed by atoms with Crippen LogP contribution in [0, 0.1) is 0 Å². The first-order valence-corrected chi connectivity index (χ1v) is 4.09. The normalized spacial score (nSPS) is 10.5. The molecule has 0 atom stereocenters. The number of carbonyl (C=O) groups is 1. The molecule has 0 unspecified atom stereocenters. The topological polar surface area (TPSA) is 53.0 Å². The van der Waals surface area contributed by atoms with Gasteiger partial charge in [-0.25, -0.2) is 0 Å². The van der Waals surface area contributed by atoms with Crippen LogP contribution in [-0.2, 0) is 5.41 Å². The number of rotatable bonds is 1. The Morgan fingerprint density at radius 3 is 2.36 bits per heavy atom. The van der Waals surface area contributed by atoms with E-state index in [1.165, 1.54) is 6.20 Å². The molecule has 0 amide bonds. The number of carboxylic acids is 1. The molecule has 0 N–H and O–H groups in total. The van der Waals surface area contributed by atoms with Gasteiger partial charge in [0, 0.05) is 18.0 Å². The maximum atomic E-state index is 10.7. The van der Waals surface area contributed by atoms with Gasteiger partial charge in [-0.05, 0) is 17.0 Å². The molecule has 0 spiro atoms. The molecule has 1 aromatic heterocycles. The molecule has 1 aromatic rings. The standard InChI is InChI=1S/C10H13NO2.Na/c1-10(2,3)8-4-5-11-6-7(8)9(12)13;/h4-6H,1-3H3,(H,12,13);/q;+1/p-1. The first-order valence-electron chi connectivity index (χ1n) is 4.09. The molecule has 70 valence electrons. The number of aromatic nitrogens is 1. The summed E-state index contributed by atoms with van der Waals surface area (Å²) in [6.45, 7) is 5.86. The van der Waals surface area contributed by atoms with Crippen LogP contribution in [0.15, 0.2) is 18.5 Å². The smallest absolute Gasteiger partial charge is 0.545 e. The largest absolute Gasteiger partial charge is 1.00 e. The third kappa shape index (κ3) is 3.08. The van der Waals surface area contributed by atoms with Crippen LogP contribution in [0.1, 0.15) is 36.7 Å². The van der Waals surface area contributed by atoms with E-state index in [0.29, 0.717) is 0 Å². The van der Waals surface area contributed by atoms with Crippen molar-refractivity contribution in [3.63, 3.8) is 0 Å². The van der Waals surface area contributed by atoms with E-state index < -0.39 is 5.97 Å². The fourth-order valence-electron chi connectivity index (χ4n) is 1.21. The molecule has 0 radical (unpaired) electrons. The Morgan fingerprint density at radius 2 is 2.00 bits per heavy atom. The predicted octanol–water partition coefficient (Wildman–Crippen LogP) is -2.25. The molecule has 0 saturated heterocycles. The summed E-state index contributed by atoms with van der Waals surface area (Å²) in [5.41, 5.74) is 0.732. The first-order chi connectivity index (χ1) is 5.93. The second-order valence-electron chi connectivity index (χ2n) is 3.96. The predicted molar refractivity (Wildman–Crippen MR) is 47.3 cm³/mol. The van der Waals surface area contributed by atoms with Crippen LogP contribution in [0.4, 0.5) is 0 Å². The van der Waals surface area contributed by atoms with E-state index in [-0.39, 0.29) is 40.5 Å². The van der Waals surface area contributed by atoms with Crippen LogP contribution in [0.5, 0.6) is 0 Å². The quantitative estimate of drug-likeness (QED) is 0.482. The number of hydrogen-bond donors (Lipinski definition) is 0. The Balaban J connectivity index is 0.00000169. The number of nitrogens with zero attached hydrogens (tertiary/aromatic N) is 1. The van der Waals surface area contributed by atoms with E-state index in [1.807, 2.05) is 20.8 Å². The molecule has 1 heterocycles. The van der Waals surface area contributed by atoms with Gasteiger partial charge in [0.15, 0.2) is 0 Å². The van der Waals surface area contributed by atoms with Crippen molar-refractivity contribution in [1.82, 2.24) is 4.98 Å². The summed E-state index contributed by atoms with van der Waals surface area (Å²) in [6.07, 6.45) is 2.92. The van der Waals surface area contributed by atoms with Crippen molar-refractivity contribution in [3.05, 3.63) is 29.6 Å². The van der Waals surface area contributed by atoms with Crippen LogP contribution in [0.25, 0.3) is 0 Å². The summed E-state index contributed by atoms with van der Waals surface area (Å²) in [7, 11) is 0. The Hall–Kier alpha value is -0.380. The second kappa shape index (κ2) is 4.91. The molecule has 0 aliphatic carbocycles. The molecule has 0 bridgehead atoms. The van der Waals surface area contributed by atoms with Crippen LogP contribution >= 0.6 is 0 Å². The minimum atomic E-state index is -1.17. The molecule has 3 nitrogen and oxygen atoms in total. The SMILES string of the molecule is CC(C)(C)c1ccncc1C(=O)[O-].[Na+]. The third-order valence-corrected chi connectivity index (χ3v) is 1.85. The van der Waals surface area contributed by atoms with Gasteiger partial charge >= 0.3 is 29.6 Å². The summed E-state index contributed by atoms with van der Waals surface area (Å²) in [4.78, 5) is 14.5. The summed E-state index contributed by atoms with van der Waals surface area (Å²) in [6, 6.07) is 1.71. The van der Waals surface area contributed by atoms with Crippen molar-refractivity contribution in [2.75, 3.05) is 0 Å². The molecule has 0 fully saturated rings. The van der Waals surface area contributed by atoms with Gasteiger partial charge in [0.25, 0.3) is 0 Å². The summed E-state index contributed by atoms with van der Waals surface area (Å²) < 4.78 is 0. The molecule has 14 heavy (non-hydrogen) atoms. The zero-order chi connectivity index (χ0) is 10.1. The van der Waals surface area contributed by atoms with Crippen molar-refractivity contribution in [1.29, 1.82) is 0 Å². The monoisotopic (exact) mass is 201 g/mol. The van der Waals surface area contributed by atoms with Gasteiger partial charge < -0.3 is 9.90 Å². The van der Waals surface area contributed by atoms with Crippen LogP contribution < -0.4 is 34.7 Å². The van der Waals surface area contributed by atoms with Gasteiger partial charge in [0.2, 0.25) is 0 Å². The third-order valence-electron chi connectivity index (χ3n) is 1.85. The van der Waals surface area contributed by atoms with E-state index in [4.69, 9.17) is 0 Å². The zero-order valence-electron chi connectivity index (χ0n) is 9.00. The van der Waals surface area contributed by atoms with Gasteiger partial charge in [-0.2, -0.15) is 0 Å². The second-order valence-corrected chi connectivity index (χ2v) is 3.96. The maximum Gasteiger partial charge on any atom is 1.00 e. The van der Waals surface area contributed by atoms with Crippen molar-refractivity contribution in [2.45, 2.75) is 26.2 Å². The molecule has 0 aromatic carbocycles. The number of aromatic carboxylic acids is 1. The first kappa shape index (κ1) is 13.6. The number of pyridine rings is 1. The van der Waals surface area contributed by atoms with Crippen molar-refractivity contribution in [3.8, 4) is 0 Å². The molecular weight excluding hydrogens is 189 g/mol. The van der Waals surface area contributed by atoms with E-state index in [9.17, 15) is 9.90 Å². The van der Waals surface area contributed by atoms with E-state index >= 15 is 0 Å². The Kier molecular flexibility index (Phi) is 4.78. The maximum absolute atomic E-state index is 10.7. The molecule has 0 aliphatic rings. The minimum Gasteiger partial charge on any atom is -0.545 e. The molecule has 4 heteroatoms. The van der Waals surface area contributed by atoms with E-state index in [1.54, 1.807) is 12.3 Å². The van der Waals surface area contributed by atoms with Gasteiger partial charge in [0.05, 0.1) is 5.97 Å². The van der Waals surface area contributed by atoms with Gasteiger partial charge in [0.1, 0.15) is 0 Å². The Labute approximate surface area is 106 Å². The number of carboxylic acid groups (broad SMARTS) is 1.